The average molecular weight is 374 g/mol. The molecule has 6 nitrogen and oxygen atoms in total. The van der Waals surface area contributed by atoms with Gasteiger partial charge in [0.1, 0.15) is 12.4 Å². The molecule has 1 heterocycles. The molecule has 2 aromatic rings. The molecule has 1 N–H and O–H groups in total. The summed E-state index contributed by atoms with van der Waals surface area (Å²) in [5, 5.41) is -0.466. The third-order valence-corrected chi connectivity index (χ3v) is 6.27. The van der Waals surface area contributed by atoms with E-state index in [9.17, 15) is 13.2 Å². The molecule has 1 amide bonds. The largest absolute Gasteiger partial charge is 0.487 e. The number of carbonyl (C=O) groups excluding carboxylic acids is 1. The van der Waals surface area contributed by atoms with E-state index in [-0.39, 0.29) is 6.61 Å². The van der Waals surface area contributed by atoms with Crippen molar-refractivity contribution in [3.05, 3.63) is 59.4 Å². The Labute approximate surface area is 153 Å². The van der Waals surface area contributed by atoms with Gasteiger partial charge in [-0.05, 0) is 49.6 Å². The molecule has 0 radical (unpaired) electrons. The van der Waals surface area contributed by atoms with Crippen LogP contribution in [0.3, 0.4) is 0 Å². The molecule has 1 aromatic carbocycles. The lowest BCUT2D eigenvalue weighted by Crippen LogP contribution is -2.37. The summed E-state index contributed by atoms with van der Waals surface area (Å²) < 4.78 is 32.4. The Morgan fingerprint density at radius 2 is 2.00 bits per heavy atom. The predicted octanol–water partition coefficient (Wildman–Crippen LogP) is 2.97. The number of hydrogen-bond donors (Lipinski definition) is 1. The Morgan fingerprint density at radius 3 is 2.69 bits per heavy atom. The lowest BCUT2D eigenvalue weighted by atomic mass is 10.1. The summed E-state index contributed by atoms with van der Waals surface area (Å²) in [5.74, 6) is 0.0324. The van der Waals surface area contributed by atoms with Gasteiger partial charge in [0.05, 0.1) is 11.4 Å². The van der Waals surface area contributed by atoms with Crippen LogP contribution in [-0.4, -0.2) is 24.6 Å². The minimum atomic E-state index is -3.62. The summed E-state index contributed by atoms with van der Waals surface area (Å²) in [6, 6.07) is 10.4. The summed E-state index contributed by atoms with van der Waals surface area (Å²) in [4.78, 5) is 16.5. The highest BCUT2D eigenvalue weighted by molar-refractivity contribution is 7.90. The van der Waals surface area contributed by atoms with Crippen LogP contribution in [-0.2, 0) is 16.6 Å². The number of carbonyl (C=O) groups is 1. The normalized spacial score (nSPS) is 15.0. The van der Waals surface area contributed by atoms with E-state index in [1.807, 2.05) is 25.1 Å². The molecule has 1 aromatic heterocycles. The summed E-state index contributed by atoms with van der Waals surface area (Å²) in [7, 11) is -3.62. The van der Waals surface area contributed by atoms with Gasteiger partial charge in [0.25, 0.3) is 5.91 Å². The van der Waals surface area contributed by atoms with E-state index in [0.717, 1.165) is 24.1 Å². The molecule has 1 aliphatic carbocycles. The SMILES string of the molecule is Cc1ccc(OCc2cccc(C(=O)NS(=O)(=O)C3CCCC3)c2)cn1. The molecule has 26 heavy (non-hydrogen) atoms. The van der Waals surface area contributed by atoms with E-state index in [4.69, 9.17) is 4.74 Å². The molecule has 0 bridgehead atoms. The van der Waals surface area contributed by atoms with E-state index >= 15 is 0 Å². The van der Waals surface area contributed by atoms with Gasteiger partial charge in [-0.1, -0.05) is 25.0 Å². The molecule has 138 valence electrons. The van der Waals surface area contributed by atoms with Gasteiger partial charge in [0.15, 0.2) is 0 Å². The molecule has 1 aliphatic rings. The second-order valence-corrected chi connectivity index (χ2v) is 8.47. The third kappa shape index (κ3) is 4.60. The monoisotopic (exact) mass is 374 g/mol. The number of pyridine rings is 1. The Kier molecular flexibility index (Phi) is 5.56. The highest BCUT2D eigenvalue weighted by Crippen LogP contribution is 2.24. The van der Waals surface area contributed by atoms with Crippen LogP contribution in [0.15, 0.2) is 42.6 Å². The van der Waals surface area contributed by atoms with E-state index in [1.165, 1.54) is 0 Å². The third-order valence-electron chi connectivity index (χ3n) is 4.45. The van der Waals surface area contributed by atoms with E-state index < -0.39 is 21.2 Å². The fourth-order valence-electron chi connectivity index (χ4n) is 2.98. The van der Waals surface area contributed by atoms with Gasteiger partial charge in [-0.15, -0.1) is 0 Å². The molecule has 0 atom stereocenters. The minimum Gasteiger partial charge on any atom is -0.487 e. The predicted molar refractivity (Wildman–Crippen MR) is 98.4 cm³/mol. The number of ether oxygens (including phenoxy) is 1. The van der Waals surface area contributed by atoms with Gasteiger partial charge in [-0.25, -0.2) is 13.1 Å². The molecule has 0 spiro atoms. The molecule has 7 heteroatoms. The zero-order chi connectivity index (χ0) is 18.6. The highest BCUT2D eigenvalue weighted by Gasteiger charge is 2.30. The van der Waals surface area contributed by atoms with Crippen LogP contribution >= 0.6 is 0 Å². The van der Waals surface area contributed by atoms with Crippen LogP contribution in [0.2, 0.25) is 0 Å². The molecular formula is C19H22N2O4S. The second-order valence-electron chi connectivity index (χ2n) is 6.51. The van der Waals surface area contributed by atoms with Crippen molar-refractivity contribution >= 4 is 15.9 Å². The number of amides is 1. The quantitative estimate of drug-likeness (QED) is 0.840. The topological polar surface area (TPSA) is 85.4 Å². The fraction of sp³-hybridized carbons (Fsp3) is 0.368. The van der Waals surface area contributed by atoms with Crippen molar-refractivity contribution in [1.29, 1.82) is 0 Å². The molecule has 0 unspecified atom stereocenters. The number of sulfonamides is 1. The van der Waals surface area contributed by atoms with Crippen molar-refractivity contribution in [3.8, 4) is 5.75 Å². The number of hydrogen-bond acceptors (Lipinski definition) is 5. The molecule has 0 aliphatic heterocycles. The molecule has 1 saturated carbocycles. The summed E-state index contributed by atoms with van der Waals surface area (Å²) in [6.45, 7) is 2.16. The van der Waals surface area contributed by atoms with Crippen LogP contribution in [0.25, 0.3) is 0 Å². The van der Waals surface area contributed by atoms with Crippen molar-refractivity contribution in [2.75, 3.05) is 0 Å². The first-order valence-electron chi connectivity index (χ1n) is 8.64. The maximum absolute atomic E-state index is 12.3. The van der Waals surface area contributed by atoms with E-state index in [1.54, 1.807) is 24.4 Å². The van der Waals surface area contributed by atoms with Crippen molar-refractivity contribution in [3.63, 3.8) is 0 Å². The van der Waals surface area contributed by atoms with Gasteiger partial charge < -0.3 is 4.74 Å². The zero-order valence-electron chi connectivity index (χ0n) is 14.6. The number of nitrogens with zero attached hydrogens (tertiary/aromatic N) is 1. The number of benzene rings is 1. The standard InChI is InChI=1S/C19H22N2O4S/c1-14-9-10-17(12-20-14)25-13-15-5-4-6-16(11-15)19(22)21-26(23,24)18-7-2-3-8-18/h4-6,9-12,18H,2-3,7-8,13H2,1H3,(H,21,22). The molecule has 1 fully saturated rings. The summed E-state index contributed by atoms with van der Waals surface area (Å²) in [5.41, 5.74) is 1.98. The summed E-state index contributed by atoms with van der Waals surface area (Å²) in [6.07, 6.45) is 4.64. The van der Waals surface area contributed by atoms with E-state index in [2.05, 4.69) is 9.71 Å². The Balaban J connectivity index is 1.64. The van der Waals surface area contributed by atoms with Crippen LogP contribution in [0.1, 0.15) is 47.3 Å². The maximum Gasteiger partial charge on any atom is 0.264 e. The first-order valence-corrected chi connectivity index (χ1v) is 10.2. The first-order chi connectivity index (χ1) is 12.4. The van der Waals surface area contributed by atoms with Gasteiger partial charge in [-0.3, -0.25) is 9.78 Å². The number of aryl methyl sites for hydroxylation is 1. The van der Waals surface area contributed by atoms with Crippen LogP contribution in [0.5, 0.6) is 5.75 Å². The number of nitrogens with one attached hydrogen (secondary N) is 1. The van der Waals surface area contributed by atoms with Crippen molar-refractivity contribution in [2.24, 2.45) is 0 Å². The summed E-state index contributed by atoms with van der Waals surface area (Å²) >= 11 is 0. The Morgan fingerprint density at radius 1 is 1.23 bits per heavy atom. The first kappa shape index (κ1) is 18.4. The highest BCUT2D eigenvalue weighted by atomic mass is 32.2. The van der Waals surface area contributed by atoms with Crippen LogP contribution in [0.4, 0.5) is 0 Å². The van der Waals surface area contributed by atoms with Gasteiger partial charge in [0.2, 0.25) is 10.0 Å². The van der Waals surface area contributed by atoms with Crippen molar-refractivity contribution in [1.82, 2.24) is 9.71 Å². The van der Waals surface area contributed by atoms with Gasteiger partial charge in [0, 0.05) is 11.3 Å². The van der Waals surface area contributed by atoms with Crippen molar-refractivity contribution < 1.29 is 17.9 Å². The Hall–Kier alpha value is -2.41. The second kappa shape index (κ2) is 7.86. The molecular weight excluding hydrogens is 352 g/mol. The zero-order valence-corrected chi connectivity index (χ0v) is 15.5. The lowest BCUT2D eigenvalue weighted by molar-refractivity contribution is 0.0981. The van der Waals surface area contributed by atoms with Crippen LogP contribution in [0, 0.1) is 6.92 Å². The maximum atomic E-state index is 12.3. The molecule has 3 rings (SSSR count). The van der Waals surface area contributed by atoms with E-state index in [0.29, 0.717) is 24.2 Å². The average Bonchev–Trinajstić information content (AvgIpc) is 3.17. The smallest absolute Gasteiger partial charge is 0.264 e. The van der Waals surface area contributed by atoms with Crippen molar-refractivity contribution in [2.45, 2.75) is 44.5 Å². The van der Waals surface area contributed by atoms with Gasteiger partial charge in [-0.2, -0.15) is 0 Å². The Bertz CT molecular complexity index is 873. The molecule has 0 saturated heterocycles. The van der Waals surface area contributed by atoms with Crippen LogP contribution < -0.4 is 9.46 Å². The lowest BCUT2D eigenvalue weighted by Gasteiger charge is -2.13. The van der Waals surface area contributed by atoms with Gasteiger partial charge >= 0.3 is 0 Å². The number of aromatic nitrogens is 1. The minimum absolute atomic E-state index is 0.265. The fourth-order valence-corrected chi connectivity index (χ4v) is 4.48. The number of rotatable bonds is 6.